The van der Waals surface area contributed by atoms with E-state index in [-0.39, 0.29) is 11.9 Å². The van der Waals surface area contributed by atoms with Crippen molar-refractivity contribution in [3.05, 3.63) is 54.1 Å². The Morgan fingerprint density at radius 3 is 2.67 bits per heavy atom. The number of thioether (sulfide) groups is 1. The molecule has 0 saturated carbocycles. The lowest BCUT2D eigenvalue weighted by atomic mass is 10.2. The number of carbonyl (C=O) groups excluding carboxylic acids is 1. The predicted molar refractivity (Wildman–Crippen MR) is 99.4 cm³/mol. The van der Waals surface area contributed by atoms with Gasteiger partial charge < -0.3 is 4.90 Å². The standard InChI is InChI=1S/C19H21N3OS/c1-13(2)22(15-7-5-4-6-8-15)18(23)12-24-19-20-16-10-9-14(3)11-17(16)21-19/h4-11,13H,12H2,1-3H3,(H,20,21)/p+1. The van der Waals surface area contributed by atoms with Gasteiger partial charge in [-0.05, 0) is 62.4 Å². The fourth-order valence-corrected chi connectivity index (χ4v) is 3.51. The number of hydrogen-bond donors (Lipinski definition) is 1. The number of aromatic nitrogens is 2. The van der Waals surface area contributed by atoms with Gasteiger partial charge in [-0.2, -0.15) is 0 Å². The first-order valence-corrected chi connectivity index (χ1v) is 9.04. The maximum absolute atomic E-state index is 12.7. The molecule has 5 heteroatoms. The summed E-state index contributed by atoms with van der Waals surface area (Å²) in [7, 11) is 0. The molecule has 1 aromatic heterocycles. The fourth-order valence-electron chi connectivity index (χ4n) is 2.74. The summed E-state index contributed by atoms with van der Waals surface area (Å²) in [6, 6.07) is 16.2. The van der Waals surface area contributed by atoms with Crippen molar-refractivity contribution in [1.82, 2.24) is 4.98 Å². The highest BCUT2D eigenvalue weighted by Crippen LogP contribution is 2.21. The molecule has 3 rings (SSSR count). The van der Waals surface area contributed by atoms with Crippen LogP contribution in [0.2, 0.25) is 0 Å². The number of H-pyrrole nitrogens is 2. The molecule has 0 fully saturated rings. The Morgan fingerprint density at radius 2 is 1.96 bits per heavy atom. The van der Waals surface area contributed by atoms with Crippen LogP contribution in [0.15, 0.2) is 53.7 Å². The number of hydrogen-bond acceptors (Lipinski definition) is 2. The van der Waals surface area contributed by atoms with E-state index in [1.165, 1.54) is 17.3 Å². The number of aryl methyl sites for hydroxylation is 1. The third-order valence-corrected chi connectivity index (χ3v) is 4.71. The number of para-hydroxylation sites is 1. The van der Waals surface area contributed by atoms with Crippen molar-refractivity contribution in [3.8, 4) is 0 Å². The number of anilines is 1. The van der Waals surface area contributed by atoms with Crippen LogP contribution in [0.1, 0.15) is 19.4 Å². The molecule has 0 saturated heterocycles. The number of nitrogens with one attached hydrogen (secondary N) is 2. The van der Waals surface area contributed by atoms with E-state index in [0.717, 1.165) is 21.9 Å². The van der Waals surface area contributed by atoms with E-state index in [1.807, 2.05) is 49.1 Å². The van der Waals surface area contributed by atoms with Gasteiger partial charge in [0, 0.05) is 11.7 Å². The molecule has 0 bridgehead atoms. The summed E-state index contributed by atoms with van der Waals surface area (Å²) in [6.45, 7) is 6.14. The van der Waals surface area contributed by atoms with Gasteiger partial charge in [-0.3, -0.25) is 4.79 Å². The highest BCUT2D eigenvalue weighted by Gasteiger charge is 2.21. The fraction of sp³-hybridized carbons (Fsp3) is 0.263. The molecule has 0 spiro atoms. The number of carbonyl (C=O) groups is 1. The second-order valence-electron chi connectivity index (χ2n) is 6.11. The van der Waals surface area contributed by atoms with Crippen molar-refractivity contribution in [2.24, 2.45) is 0 Å². The Labute approximate surface area is 146 Å². The van der Waals surface area contributed by atoms with E-state index < -0.39 is 0 Å². The predicted octanol–water partition coefficient (Wildman–Crippen LogP) is 3.82. The quantitative estimate of drug-likeness (QED) is 0.718. The zero-order chi connectivity index (χ0) is 17.1. The van der Waals surface area contributed by atoms with E-state index in [9.17, 15) is 4.79 Å². The van der Waals surface area contributed by atoms with Crippen LogP contribution in [0, 0.1) is 6.92 Å². The van der Waals surface area contributed by atoms with Crippen molar-refractivity contribution < 1.29 is 9.78 Å². The smallest absolute Gasteiger partial charge is 0.309 e. The molecule has 1 heterocycles. The van der Waals surface area contributed by atoms with E-state index in [0.29, 0.717) is 5.75 Å². The van der Waals surface area contributed by atoms with Crippen LogP contribution in [0.3, 0.4) is 0 Å². The van der Waals surface area contributed by atoms with Crippen molar-refractivity contribution in [2.75, 3.05) is 10.7 Å². The largest absolute Gasteiger partial charge is 0.315 e. The normalized spacial score (nSPS) is 11.2. The number of nitrogens with zero attached hydrogens (tertiary/aromatic N) is 1. The van der Waals surface area contributed by atoms with Gasteiger partial charge in [-0.15, -0.1) is 0 Å². The number of aromatic amines is 2. The molecule has 2 aromatic carbocycles. The second kappa shape index (κ2) is 7.09. The summed E-state index contributed by atoms with van der Waals surface area (Å²) in [4.78, 5) is 21.2. The zero-order valence-electron chi connectivity index (χ0n) is 14.2. The second-order valence-corrected chi connectivity index (χ2v) is 7.10. The molecular formula is C19H22N3OS+. The first kappa shape index (κ1) is 16.6. The molecule has 24 heavy (non-hydrogen) atoms. The van der Waals surface area contributed by atoms with Crippen LogP contribution in [-0.2, 0) is 4.79 Å². The molecule has 0 aliphatic heterocycles. The third kappa shape index (κ3) is 3.62. The Morgan fingerprint density at radius 1 is 1.21 bits per heavy atom. The van der Waals surface area contributed by atoms with Crippen LogP contribution in [0.5, 0.6) is 0 Å². The number of rotatable bonds is 5. The van der Waals surface area contributed by atoms with Gasteiger partial charge >= 0.3 is 5.16 Å². The molecule has 1 amide bonds. The number of benzene rings is 2. The van der Waals surface area contributed by atoms with Gasteiger partial charge in [0.1, 0.15) is 0 Å². The van der Waals surface area contributed by atoms with Gasteiger partial charge in [-0.1, -0.05) is 24.3 Å². The molecule has 0 atom stereocenters. The van der Waals surface area contributed by atoms with Gasteiger partial charge in [0.25, 0.3) is 0 Å². The topological polar surface area (TPSA) is 50.2 Å². The van der Waals surface area contributed by atoms with E-state index in [1.54, 1.807) is 0 Å². The van der Waals surface area contributed by atoms with E-state index in [4.69, 9.17) is 0 Å². The summed E-state index contributed by atoms with van der Waals surface area (Å²) in [5, 5.41) is 0.903. The summed E-state index contributed by atoms with van der Waals surface area (Å²) >= 11 is 1.50. The van der Waals surface area contributed by atoms with E-state index in [2.05, 4.69) is 35.1 Å². The Hall–Kier alpha value is -2.27. The van der Waals surface area contributed by atoms with Gasteiger partial charge in [0.2, 0.25) is 5.91 Å². The first-order valence-electron chi connectivity index (χ1n) is 8.06. The Kier molecular flexibility index (Phi) is 4.90. The lowest BCUT2D eigenvalue weighted by molar-refractivity contribution is -0.396. The van der Waals surface area contributed by atoms with Crippen LogP contribution < -0.4 is 9.88 Å². The molecule has 0 radical (unpaired) electrons. The van der Waals surface area contributed by atoms with Crippen molar-refractivity contribution in [3.63, 3.8) is 0 Å². The van der Waals surface area contributed by atoms with Crippen molar-refractivity contribution in [1.29, 1.82) is 0 Å². The maximum atomic E-state index is 12.7. The SMILES string of the molecule is Cc1ccc2[nH+]c(SCC(=O)N(c3ccccc3)C(C)C)[nH]c2c1. The molecular weight excluding hydrogens is 318 g/mol. The average molecular weight is 340 g/mol. The average Bonchev–Trinajstić information content (AvgIpc) is 2.95. The highest BCUT2D eigenvalue weighted by molar-refractivity contribution is 7.99. The van der Waals surface area contributed by atoms with Crippen molar-refractivity contribution in [2.45, 2.75) is 32.0 Å². The summed E-state index contributed by atoms with van der Waals surface area (Å²) < 4.78 is 0. The minimum atomic E-state index is 0.101. The van der Waals surface area contributed by atoms with Gasteiger partial charge in [-0.25, -0.2) is 9.97 Å². The minimum absolute atomic E-state index is 0.101. The molecule has 3 aromatic rings. The maximum Gasteiger partial charge on any atom is 0.315 e. The van der Waals surface area contributed by atoms with Crippen LogP contribution in [-0.4, -0.2) is 22.7 Å². The highest BCUT2D eigenvalue weighted by atomic mass is 32.2. The number of imidazole rings is 1. The molecule has 2 N–H and O–H groups in total. The molecule has 0 aliphatic carbocycles. The summed E-state index contributed by atoms with van der Waals surface area (Å²) in [6.07, 6.45) is 0. The van der Waals surface area contributed by atoms with Gasteiger partial charge in [0.05, 0.1) is 5.75 Å². The van der Waals surface area contributed by atoms with Crippen LogP contribution >= 0.6 is 11.8 Å². The third-order valence-electron chi connectivity index (χ3n) is 3.83. The number of amides is 1. The summed E-state index contributed by atoms with van der Waals surface area (Å²) in [5.41, 5.74) is 4.27. The number of fused-ring (bicyclic) bond motifs is 1. The zero-order valence-corrected chi connectivity index (χ0v) is 15.0. The van der Waals surface area contributed by atoms with E-state index >= 15 is 0 Å². The molecule has 0 unspecified atom stereocenters. The molecule has 0 aliphatic rings. The monoisotopic (exact) mass is 340 g/mol. The molecule has 4 nitrogen and oxygen atoms in total. The first-order chi connectivity index (χ1) is 11.5. The van der Waals surface area contributed by atoms with Crippen LogP contribution in [0.25, 0.3) is 11.0 Å². The minimum Gasteiger partial charge on any atom is -0.309 e. The lowest BCUT2D eigenvalue weighted by Crippen LogP contribution is -2.38. The van der Waals surface area contributed by atoms with Gasteiger partial charge in [0.15, 0.2) is 11.0 Å². The Bertz CT molecular complexity index is 842. The summed E-state index contributed by atoms with van der Waals surface area (Å²) in [5.74, 6) is 0.486. The van der Waals surface area contributed by atoms with Crippen LogP contribution in [0.4, 0.5) is 5.69 Å². The lowest BCUT2D eigenvalue weighted by Gasteiger charge is -2.26. The Balaban J connectivity index is 1.73. The van der Waals surface area contributed by atoms with Crippen molar-refractivity contribution >= 4 is 34.4 Å². The molecule has 124 valence electrons.